The van der Waals surface area contributed by atoms with Crippen LogP contribution >= 0.6 is 11.1 Å². The number of benzene rings is 3. The van der Waals surface area contributed by atoms with Crippen molar-refractivity contribution in [1.82, 2.24) is 0 Å². The van der Waals surface area contributed by atoms with Gasteiger partial charge >= 0.3 is 0 Å². The van der Waals surface area contributed by atoms with Crippen LogP contribution in [0, 0.1) is 0 Å². The van der Waals surface area contributed by atoms with E-state index in [1.807, 2.05) is 12.1 Å². The lowest BCUT2D eigenvalue weighted by atomic mass is 9.97. The maximum atomic E-state index is 6.98. The number of halogens is 1. The van der Waals surface area contributed by atoms with Crippen LogP contribution in [0.1, 0.15) is 16.7 Å². The summed E-state index contributed by atoms with van der Waals surface area (Å²) in [5.41, 5.74) is 2.64. The molecular weight excluding hydrogens is 320 g/mol. The molecule has 0 aliphatic carbocycles. The Morgan fingerprint density at radius 1 is 0.826 bits per heavy atom. The molecule has 0 fully saturated rings. The fourth-order valence-corrected chi connectivity index (χ4v) is 5.99. The largest absolute Gasteiger partial charge is 0.496 e. The minimum Gasteiger partial charge on any atom is -0.496 e. The molecule has 0 heterocycles. The van der Waals surface area contributed by atoms with Gasteiger partial charge in [-0.1, -0.05) is 73.8 Å². The first-order valence-electron chi connectivity index (χ1n) is 7.82. The van der Waals surface area contributed by atoms with Crippen molar-refractivity contribution >= 4 is 29.2 Å². The molecule has 3 rings (SSSR count). The molecule has 3 heteroatoms. The third kappa shape index (κ3) is 3.14. The molecule has 23 heavy (non-hydrogen) atoms. The predicted molar refractivity (Wildman–Crippen MR) is 102 cm³/mol. The first-order chi connectivity index (χ1) is 11.0. The van der Waals surface area contributed by atoms with Gasteiger partial charge in [0.2, 0.25) is 0 Å². The van der Waals surface area contributed by atoms with Crippen molar-refractivity contribution in [2.45, 2.75) is 18.6 Å². The average molecular weight is 341 g/mol. The highest BCUT2D eigenvalue weighted by atomic mass is 35.6. The zero-order valence-electron chi connectivity index (χ0n) is 13.7. The van der Waals surface area contributed by atoms with E-state index in [1.165, 1.54) is 21.9 Å². The highest BCUT2D eigenvalue weighted by molar-refractivity contribution is 7.20. The molecule has 0 radical (unpaired) electrons. The van der Waals surface area contributed by atoms with Gasteiger partial charge in [0.05, 0.1) is 7.11 Å². The van der Waals surface area contributed by atoms with E-state index in [0.29, 0.717) is 0 Å². The molecule has 0 aliphatic heterocycles. The highest BCUT2D eigenvalue weighted by Crippen LogP contribution is 2.42. The number of ether oxygens (including phenoxy) is 1. The minimum absolute atomic E-state index is 0.173. The monoisotopic (exact) mass is 340 g/mol. The zero-order valence-corrected chi connectivity index (χ0v) is 15.5. The molecule has 0 aliphatic rings. The normalized spacial score (nSPS) is 13.0. The molecular formula is C20H21ClOSi. The lowest BCUT2D eigenvalue weighted by Gasteiger charge is -2.29. The van der Waals surface area contributed by atoms with Gasteiger partial charge < -0.3 is 4.74 Å². The van der Waals surface area contributed by atoms with E-state index in [0.717, 1.165) is 5.75 Å². The molecule has 1 atom stereocenters. The molecule has 1 nitrogen and oxygen atoms in total. The molecule has 0 N–H and O–H groups in total. The number of hydrogen-bond donors (Lipinski definition) is 0. The molecule has 118 valence electrons. The topological polar surface area (TPSA) is 9.23 Å². The Morgan fingerprint density at radius 3 is 2.17 bits per heavy atom. The van der Waals surface area contributed by atoms with Crippen LogP contribution in [-0.4, -0.2) is 14.5 Å². The van der Waals surface area contributed by atoms with Gasteiger partial charge in [0.25, 0.3) is 0 Å². The Hall–Kier alpha value is -1.77. The van der Waals surface area contributed by atoms with E-state index in [4.69, 9.17) is 15.8 Å². The molecule has 0 amide bonds. The SMILES string of the molecule is COc1ccccc1C(c1cccc2ccccc12)[Si](C)(C)Cl. The Bertz CT molecular complexity index is 818. The fourth-order valence-electron chi connectivity index (χ4n) is 3.31. The number of rotatable bonds is 4. The summed E-state index contributed by atoms with van der Waals surface area (Å²) >= 11 is 6.98. The average Bonchev–Trinajstić information content (AvgIpc) is 2.54. The van der Waals surface area contributed by atoms with Crippen LogP contribution in [0.15, 0.2) is 66.7 Å². The van der Waals surface area contributed by atoms with Crippen LogP contribution in [0.2, 0.25) is 13.1 Å². The van der Waals surface area contributed by atoms with Gasteiger partial charge in [-0.3, -0.25) is 0 Å². The van der Waals surface area contributed by atoms with Crippen LogP contribution in [0.4, 0.5) is 0 Å². The lowest BCUT2D eigenvalue weighted by molar-refractivity contribution is 0.410. The molecule has 0 bridgehead atoms. The maximum Gasteiger partial charge on any atom is 0.162 e. The second-order valence-corrected chi connectivity index (χ2v) is 12.9. The number of para-hydroxylation sites is 1. The van der Waals surface area contributed by atoms with Crippen molar-refractivity contribution < 1.29 is 4.74 Å². The smallest absolute Gasteiger partial charge is 0.162 e. The Balaban J connectivity index is 2.29. The van der Waals surface area contributed by atoms with Gasteiger partial charge in [0, 0.05) is 11.1 Å². The quantitative estimate of drug-likeness (QED) is 0.420. The van der Waals surface area contributed by atoms with Crippen molar-refractivity contribution in [1.29, 1.82) is 0 Å². The minimum atomic E-state index is -2.04. The van der Waals surface area contributed by atoms with E-state index >= 15 is 0 Å². The summed E-state index contributed by atoms with van der Waals surface area (Å²) in [6.07, 6.45) is 0. The van der Waals surface area contributed by atoms with Crippen molar-refractivity contribution in [3.63, 3.8) is 0 Å². The maximum absolute atomic E-state index is 6.98. The van der Waals surface area contributed by atoms with Gasteiger partial charge in [-0.2, -0.15) is 11.1 Å². The summed E-state index contributed by atoms with van der Waals surface area (Å²) in [4.78, 5) is 0. The van der Waals surface area contributed by atoms with E-state index in [9.17, 15) is 0 Å². The first kappa shape index (κ1) is 16.1. The lowest BCUT2D eigenvalue weighted by Crippen LogP contribution is -2.30. The third-order valence-corrected chi connectivity index (χ3v) is 6.92. The summed E-state index contributed by atoms with van der Waals surface area (Å²) in [5.74, 6) is 0.909. The molecule has 3 aromatic carbocycles. The van der Waals surface area contributed by atoms with E-state index in [-0.39, 0.29) is 5.54 Å². The Morgan fingerprint density at radius 2 is 1.43 bits per heavy atom. The van der Waals surface area contributed by atoms with Crippen LogP contribution in [0.3, 0.4) is 0 Å². The van der Waals surface area contributed by atoms with Crippen LogP contribution < -0.4 is 4.74 Å². The number of hydrogen-bond acceptors (Lipinski definition) is 1. The molecule has 3 aromatic rings. The van der Waals surface area contributed by atoms with E-state index < -0.39 is 7.38 Å². The van der Waals surface area contributed by atoms with Crippen molar-refractivity contribution in [2.24, 2.45) is 0 Å². The summed E-state index contributed by atoms with van der Waals surface area (Å²) in [6.45, 7) is 4.40. The van der Waals surface area contributed by atoms with Crippen molar-refractivity contribution in [2.75, 3.05) is 7.11 Å². The van der Waals surface area contributed by atoms with Gasteiger partial charge in [0.15, 0.2) is 7.38 Å². The third-order valence-electron chi connectivity index (χ3n) is 4.27. The van der Waals surface area contributed by atoms with Gasteiger partial charge in [-0.15, -0.1) is 0 Å². The molecule has 1 unspecified atom stereocenters. The van der Waals surface area contributed by atoms with E-state index in [1.54, 1.807) is 7.11 Å². The second-order valence-electron chi connectivity index (χ2n) is 6.31. The van der Waals surface area contributed by atoms with E-state index in [2.05, 4.69) is 67.7 Å². The highest BCUT2D eigenvalue weighted by Gasteiger charge is 2.35. The predicted octanol–water partition coefficient (Wildman–Crippen LogP) is 5.96. The molecule has 0 saturated heterocycles. The van der Waals surface area contributed by atoms with Crippen LogP contribution in [0.5, 0.6) is 5.75 Å². The Labute approximate surface area is 143 Å². The Kier molecular flexibility index (Phi) is 4.47. The summed E-state index contributed by atoms with van der Waals surface area (Å²) in [7, 11) is -0.317. The zero-order chi connectivity index (χ0) is 16.4. The number of fused-ring (bicyclic) bond motifs is 1. The standard InChI is InChI=1S/C20H21ClOSi/c1-22-19-14-7-6-12-18(19)20(23(2,3)21)17-13-8-10-15-9-4-5-11-16(15)17/h4-14,20H,1-3H3. The first-order valence-corrected chi connectivity index (χ1v) is 11.9. The van der Waals surface area contributed by atoms with Crippen LogP contribution in [-0.2, 0) is 0 Å². The summed E-state index contributed by atoms with van der Waals surface area (Å²) in [5, 5.41) is 2.52. The van der Waals surface area contributed by atoms with Gasteiger partial charge in [-0.25, -0.2) is 0 Å². The van der Waals surface area contributed by atoms with Gasteiger partial charge in [0.1, 0.15) is 5.75 Å². The van der Waals surface area contributed by atoms with Gasteiger partial charge in [-0.05, 0) is 22.4 Å². The second kappa shape index (κ2) is 6.38. The summed E-state index contributed by atoms with van der Waals surface area (Å²) in [6, 6.07) is 23.2. The van der Waals surface area contributed by atoms with Crippen molar-refractivity contribution in [3.8, 4) is 5.75 Å². The molecule has 0 aromatic heterocycles. The molecule has 0 saturated carbocycles. The fraction of sp³-hybridized carbons (Fsp3) is 0.200. The molecule has 0 spiro atoms. The number of methoxy groups -OCH3 is 1. The van der Waals surface area contributed by atoms with Crippen LogP contribution in [0.25, 0.3) is 10.8 Å². The summed E-state index contributed by atoms with van der Waals surface area (Å²) < 4.78 is 5.62. The van der Waals surface area contributed by atoms with Crippen molar-refractivity contribution in [3.05, 3.63) is 77.9 Å².